The first-order chi connectivity index (χ1) is 11.4. The summed E-state index contributed by atoms with van der Waals surface area (Å²) in [6, 6.07) is 7.85. The molecule has 0 fully saturated rings. The maximum absolute atomic E-state index is 12.6. The van der Waals surface area contributed by atoms with Gasteiger partial charge in [0.1, 0.15) is 11.5 Å². The van der Waals surface area contributed by atoms with Crippen molar-refractivity contribution in [2.75, 3.05) is 5.01 Å². The first-order valence-corrected chi connectivity index (χ1v) is 7.45. The van der Waals surface area contributed by atoms with E-state index < -0.39 is 5.97 Å². The maximum atomic E-state index is 12.6. The summed E-state index contributed by atoms with van der Waals surface area (Å²) in [6.07, 6.45) is 1.61. The van der Waals surface area contributed by atoms with E-state index in [-0.39, 0.29) is 16.5 Å². The highest BCUT2D eigenvalue weighted by Gasteiger charge is 2.29. The third kappa shape index (κ3) is 2.83. The fourth-order valence-electron chi connectivity index (χ4n) is 2.34. The molecule has 3 rings (SSSR count). The average molecular weight is 345 g/mol. The highest BCUT2D eigenvalue weighted by atomic mass is 35.5. The van der Waals surface area contributed by atoms with Crippen molar-refractivity contribution in [3.05, 3.63) is 58.0 Å². The highest BCUT2D eigenvalue weighted by molar-refractivity contribution is 6.34. The van der Waals surface area contributed by atoms with Crippen molar-refractivity contribution in [2.45, 2.75) is 13.8 Å². The van der Waals surface area contributed by atoms with Gasteiger partial charge in [0.15, 0.2) is 0 Å². The van der Waals surface area contributed by atoms with Gasteiger partial charge in [-0.25, -0.2) is 4.79 Å². The molecule has 0 bridgehead atoms. The molecule has 1 N–H and O–H groups in total. The Morgan fingerprint density at radius 1 is 1.29 bits per heavy atom. The second-order valence-corrected chi connectivity index (χ2v) is 5.69. The SMILES string of the molecule is CC1=NN(c2ccc(Cl)c(C(=O)O)c2)C(=O)/C1=C\c1ccc(C)o1. The first-order valence-electron chi connectivity index (χ1n) is 7.08. The van der Waals surface area contributed by atoms with Crippen LogP contribution in [0.4, 0.5) is 5.69 Å². The molecular formula is C17H13ClN2O4. The summed E-state index contributed by atoms with van der Waals surface area (Å²) in [5.74, 6) is -0.242. The largest absolute Gasteiger partial charge is 0.478 e. The van der Waals surface area contributed by atoms with Crippen molar-refractivity contribution in [3.63, 3.8) is 0 Å². The predicted octanol–water partition coefficient (Wildman–Crippen LogP) is 3.75. The van der Waals surface area contributed by atoms with Crippen molar-refractivity contribution in [2.24, 2.45) is 5.10 Å². The molecular weight excluding hydrogens is 332 g/mol. The van der Waals surface area contributed by atoms with E-state index in [0.717, 1.165) is 10.8 Å². The number of carbonyl (C=O) groups excluding carboxylic acids is 1. The Hall–Kier alpha value is -2.86. The third-order valence-corrected chi connectivity index (χ3v) is 3.86. The van der Waals surface area contributed by atoms with Crippen molar-refractivity contribution in [3.8, 4) is 0 Å². The van der Waals surface area contributed by atoms with Crippen LogP contribution in [0.5, 0.6) is 0 Å². The van der Waals surface area contributed by atoms with Crippen LogP contribution in [0.2, 0.25) is 5.02 Å². The number of nitrogens with zero attached hydrogens (tertiary/aromatic N) is 2. The number of carbonyl (C=O) groups is 2. The Kier molecular flexibility index (Phi) is 3.99. The quantitative estimate of drug-likeness (QED) is 0.859. The highest BCUT2D eigenvalue weighted by Crippen LogP contribution is 2.28. The van der Waals surface area contributed by atoms with E-state index in [1.54, 1.807) is 31.2 Å². The topological polar surface area (TPSA) is 83.1 Å². The number of hydrogen-bond acceptors (Lipinski definition) is 4. The maximum Gasteiger partial charge on any atom is 0.337 e. The van der Waals surface area contributed by atoms with Crippen LogP contribution in [0.25, 0.3) is 6.08 Å². The Balaban J connectivity index is 1.97. The molecule has 1 aliphatic rings. The van der Waals surface area contributed by atoms with Gasteiger partial charge in [0, 0.05) is 0 Å². The van der Waals surface area contributed by atoms with E-state index in [1.807, 2.05) is 6.92 Å². The van der Waals surface area contributed by atoms with E-state index in [1.165, 1.54) is 12.1 Å². The summed E-state index contributed by atoms with van der Waals surface area (Å²) in [6.45, 7) is 3.51. The fraction of sp³-hybridized carbons (Fsp3) is 0.118. The summed E-state index contributed by atoms with van der Waals surface area (Å²) < 4.78 is 5.45. The average Bonchev–Trinajstić information content (AvgIpc) is 3.06. The lowest BCUT2D eigenvalue weighted by molar-refractivity contribution is -0.114. The van der Waals surface area contributed by atoms with Gasteiger partial charge >= 0.3 is 5.97 Å². The van der Waals surface area contributed by atoms with Crippen molar-refractivity contribution < 1.29 is 19.1 Å². The number of anilines is 1. The van der Waals surface area contributed by atoms with Crippen molar-refractivity contribution >= 4 is 41.0 Å². The Labute approximate surface area is 142 Å². The lowest BCUT2D eigenvalue weighted by Crippen LogP contribution is -2.21. The minimum absolute atomic E-state index is 0.0890. The molecule has 1 aromatic carbocycles. The van der Waals surface area contributed by atoms with Crippen LogP contribution in [-0.2, 0) is 4.79 Å². The van der Waals surface area contributed by atoms with Gasteiger partial charge in [0.2, 0.25) is 0 Å². The number of hydrogen-bond donors (Lipinski definition) is 1. The van der Waals surface area contributed by atoms with Crippen LogP contribution >= 0.6 is 11.6 Å². The molecule has 2 aromatic rings. The number of benzene rings is 1. The zero-order valence-corrected chi connectivity index (χ0v) is 13.7. The van der Waals surface area contributed by atoms with Gasteiger partial charge in [-0.1, -0.05) is 11.6 Å². The Morgan fingerprint density at radius 3 is 2.67 bits per heavy atom. The Morgan fingerprint density at radius 2 is 2.04 bits per heavy atom. The number of rotatable bonds is 3. The minimum Gasteiger partial charge on any atom is -0.478 e. The standard InChI is InChI=1S/C17H13ClN2O4/c1-9-3-5-12(24-9)8-13-10(2)19-20(16(13)21)11-4-6-15(18)14(7-11)17(22)23/h3-8H,1-2H3,(H,22,23)/b13-8-. The lowest BCUT2D eigenvalue weighted by Gasteiger charge is -2.12. The number of furan rings is 1. The number of carboxylic acids is 1. The molecule has 0 aliphatic carbocycles. The first kappa shape index (κ1) is 16.0. The van der Waals surface area contributed by atoms with Crippen molar-refractivity contribution in [1.29, 1.82) is 0 Å². The molecule has 122 valence electrons. The van der Waals surface area contributed by atoms with E-state index in [0.29, 0.717) is 22.7 Å². The van der Waals surface area contributed by atoms with Gasteiger partial charge in [0.25, 0.3) is 5.91 Å². The van der Waals surface area contributed by atoms with Gasteiger partial charge in [-0.2, -0.15) is 10.1 Å². The summed E-state index contributed by atoms with van der Waals surface area (Å²) in [7, 11) is 0. The number of amides is 1. The predicted molar refractivity (Wildman–Crippen MR) is 90.4 cm³/mol. The molecule has 1 amide bonds. The number of halogens is 1. The molecule has 0 unspecified atom stereocenters. The van der Waals surface area contributed by atoms with Gasteiger partial charge in [-0.3, -0.25) is 4.79 Å². The van der Waals surface area contributed by atoms with Crippen LogP contribution in [-0.4, -0.2) is 22.7 Å². The fourth-order valence-corrected chi connectivity index (χ4v) is 2.54. The molecule has 1 aliphatic heterocycles. The van der Waals surface area contributed by atoms with Crippen LogP contribution in [0, 0.1) is 6.92 Å². The van der Waals surface area contributed by atoms with Gasteiger partial charge in [-0.15, -0.1) is 0 Å². The number of carboxylic acid groups (broad SMARTS) is 1. The lowest BCUT2D eigenvalue weighted by atomic mass is 10.1. The summed E-state index contributed by atoms with van der Waals surface area (Å²) in [5, 5.41) is 14.6. The molecule has 7 heteroatoms. The molecule has 1 aromatic heterocycles. The van der Waals surface area contributed by atoms with Gasteiger partial charge < -0.3 is 9.52 Å². The van der Waals surface area contributed by atoms with Crippen molar-refractivity contribution in [1.82, 2.24) is 0 Å². The molecule has 2 heterocycles. The van der Waals surface area contributed by atoms with E-state index in [9.17, 15) is 9.59 Å². The van der Waals surface area contributed by atoms with Crippen LogP contribution in [0.3, 0.4) is 0 Å². The number of aryl methyl sites for hydroxylation is 1. The molecule has 0 saturated heterocycles. The molecule has 24 heavy (non-hydrogen) atoms. The number of aromatic carboxylic acids is 1. The monoisotopic (exact) mass is 344 g/mol. The normalized spacial score (nSPS) is 16.0. The van der Waals surface area contributed by atoms with E-state index in [4.69, 9.17) is 21.1 Å². The summed E-state index contributed by atoms with van der Waals surface area (Å²) in [5.41, 5.74) is 1.14. The molecule has 6 nitrogen and oxygen atoms in total. The van der Waals surface area contributed by atoms with E-state index in [2.05, 4.69) is 5.10 Å². The second-order valence-electron chi connectivity index (χ2n) is 5.28. The third-order valence-electron chi connectivity index (χ3n) is 3.54. The van der Waals surface area contributed by atoms with Crippen LogP contribution in [0.15, 0.2) is 45.4 Å². The molecule has 0 radical (unpaired) electrons. The van der Waals surface area contributed by atoms with Crippen LogP contribution in [0.1, 0.15) is 28.8 Å². The van der Waals surface area contributed by atoms with Crippen LogP contribution < -0.4 is 5.01 Å². The molecule has 0 spiro atoms. The summed E-state index contributed by atoms with van der Waals surface area (Å²) in [4.78, 5) is 23.8. The zero-order valence-electron chi connectivity index (χ0n) is 12.9. The zero-order chi connectivity index (χ0) is 17.4. The Bertz CT molecular complexity index is 911. The van der Waals surface area contributed by atoms with Gasteiger partial charge in [0.05, 0.1) is 27.6 Å². The minimum atomic E-state index is -1.17. The van der Waals surface area contributed by atoms with E-state index >= 15 is 0 Å². The smallest absolute Gasteiger partial charge is 0.337 e. The summed E-state index contributed by atoms with van der Waals surface area (Å²) >= 11 is 5.86. The second kappa shape index (κ2) is 5.98. The van der Waals surface area contributed by atoms with Gasteiger partial charge in [-0.05, 0) is 50.3 Å². The number of hydrazone groups is 1. The molecule has 0 atom stereocenters. The molecule has 0 saturated carbocycles.